The average Bonchev–Trinajstić information content (AvgIpc) is 2.48. The summed E-state index contributed by atoms with van der Waals surface area (Å²) in [5.74, 6) is 0.438. The van der Waals surface area contributed by atoms with Gasteiger partial charge in [0.25, 0.3) is 0 Å². The van der Waals surface area contributed by atoms with E-state index in [0.717, 1.165) is 11.3 Å². The van der Waals surface area contributed by atoms with Crippen LogP contribution in [0.4, 0.5) is 0 Å². The van der Waals surface area contributed by atoms with Gasteiger partial charge in [0.15, 0.2) is 5.75 Å². The summed E-state index contributed by atoms with van der Waals surface area (Å²) >= 11 is 0. The molecule has 0 aliphatic carbocycles. The molecule has 2 N–H and O–H groups in total. The van der Waals surface area contributed by atoms with Crippen molar-refractivity contribution in [2.75, 3.05) is 7.11 Å². The number of rotatable bonds is 4. The second-order valence-corrected chi connectivity index (χ2v) is 4.56. The Morgan fingerprint density at radius 2 is 1.90 bits per heavy atom. The molecular weight excluding hydrogens is 258 g/mol. The van der Waals surface area contributed by atoms with Gasteiger partial charge in [-0.2, -0.15) is 0 Å². The first kappa shape index (κ1) is 14.1. The molecule has 1 aromatic carbocycles. The van der Waals surface area contributed by atoms with E-state index in [0.29, 0.717) is 5.69 Å². The Labute approximate surface area is 116 Å². The van der Waals surface area contributed by atoms with Crippen molar-refractivity contribution in [2.45, 2.75) is 19.6 Å². The molecule has 5 heteroatoms. The van der Waals surface area contributed by atoms with Crippen LogP contribution >= 0.6 is 0 Å². The lowest BCUT2D eigenvalue weighted by Gasteiger charge is -2.16. The molecule has 106 valence electrons. The summed E-state index contributed by atoms with van der Waals surface area (Å²) in [6.07, 6.45) is 0.825. The van der Waals surface area contributed by atoms with E-state index in [1.807, 2.05) is 0 Å². The van der Waals surface area contributed by atoms with Crippen LogP contribution in [0.2, 0.25) is 0 Å². The fourth-order valence-corrected chi connectivity index (χ4v) is 1.98. The second kappa shape index (κ2) is 5.79. The zero-order valence-corrected chi connectivity index (χ0v) is 11.4. The molecule has 0 saturated carbocycles. The molecule has 0 saturated heterocycles. The topological polar surface area (TPSA) is 71.7 Å². The molecule has 0 bridgehead atoms. The summed E-state index contributed by atoms with van der Waals surface area (Å²) in [5, 5.41) is 19.8. The van der Waals surface area contributed by atoms with Crippen LogP contribution in [-0.4, -0.2) is 21.9 Å². The molecule has 2 aromatic rings. The number of aliphatic hydroxyl groups excluding tert-OH is 1. The minimum atomic E-state index is -0.735. The predicted octanol–water partition coefficient (Wildman–Crippen LogP) is 1.60. The Balaban J connectivity index is 2.20. The average molecular weight is 275 g/mol. The van der Waals surface area contributed by atoms with Crippen LogP contribution in [0.25, 0.3) is 0 Å². The van der Waals surface area contributed by atoms with Crippen molar-refractivity contribution in [2.24, 2.45) is 0 Å². The van der Waals surface area contributed by atoms with Gasteiger partial charge in [0, 0.05) is 12.3 Å². The summed E-state index contributed by atoms with van der Waals surface area (Å²) in [6, 6.07) is 8.38. The molecule has 0 unspecified atom stereocenters. The van der Waals surface area contributed by atoms with Gasteiger partial charge in [-0.3, -0.25) is 4.79 Å². The maximum atomic E-state index is 11.3. The number of nitrogens with zero attached hydrogens (tertiary/aromatic N) is 1. The van der Waals surface area contributed by atoms with Crippen molar-refractivity contribution < 1.29 is 14.9 Å². The van der Waals surface area contributed by atoms with E-state index in [2.05, 4.69) is 0 Å². The number of aromatic hydroxyl groups is 1. The molecule has 20 heavy (non-hydrogen) atoms. The van der Waals surface area contributed by atoms with E-state index in [4.69, 9.17) is 4.74 Å². The SMILES string of the molecule is COc1ccc([C@@H](O)Cn2ccc(=O)c(O)c2C)cc1. The molecule has 0 spiro atoms. The highest BCUT2D eigenvalue weighted by Gasteiger charge is 2.11. The smallest absolute Gasteiger partial charge is 0.223 e. The minimum Gasteiger partial charge on any atom is -0.503 e. The van der Waals surface area contributed by atoms with Gasteiger partial charge >= 0.3 is 0 Å². The maximum Gasteiger partial charge on any atom is 0.223 e. The Hall–Kier alpha value is -2.27. The molecule has 1 atom stereocenters. The zero-order chi connectivity index (χ0) is 14.7. The number of methoxy groups -OCH3 is 1. The number of hydrogen-bond donors (Lipinski definition) is 2. The van der Waals surface area contributed by atoms with E-state index < -0.39 is 11.5 Å². The largest absolute Gasteiger partial charge is 0.503 e. The van der Waals surface area contributed by atoms with Crippen LogP contribution in [-0.2, 0) is 6.54 Å². The Morgan fingerprint density at radius 3 is 2.50 bits per heavy atom. The number of aliphatic hydroxyl groups is 1. The third-order valence-corrected chi connectivity index (χ3v) is 3.28. The van der Waals surface area contributed by atoms with E-state index >= 15 is 0 Å². The standard InChI is InChI=1S/C15H17NO4/c1-10-15(19)13(17)7-8-16(10)9-14(18)11-3-5-12(20-2)6-4-11/h3-8,14,18-19H,9H2,1-2H3/t14-/m0/s1. The Bertz CT molecular complexity index is 646. The fraction of sp³-hybridized carbons (Fsp3) is 0.267. The molecule has 1 aromatic heterocycles. The summed E-state index contributed by atoms with van der Waals surface area (Å²) in [6.45, 7) is 1.89. The number of ether oxygens (including phenoxy) is 1. The third-order valence-electron chi connectivity index (χ3n) is 3.28. The van der Waals surface area contributed by atoms with Gasteiger partial charge in [-0.15, -0.1) is 0 Å². The van der Waals surface area contributed by atoms with E-state index in [1.54, 1.807) is 49.1 Å². The molecule has 0 aliphatic rings. The highest BCUT2D eigenvalue weighted by Crippen LogP contribution is 2.20. The lowest BCUT2D eigenvalue weighted by atomic mass is 10.1. The quantitative estimate of drug-likeness (QED) is 0.889. The van der Waals surface area contributed by atoms with E-state index in [1.165, 1.54) is 6.07 Å². The highest BCUT2D eigenvalue weighted by atomic mass is 16.5. The predicted molar refractivity (Wildman–Crippen MR) is 75.1 cm³/mol. The monoisotopic (exact) mass is 275 g/mol. The maximum absolute atomic E-state index is 11.3. The first-order chi connectivity index (χ1) is 9.52. The molecule has 0 fully saturated rings. The van der Waals surface area contributed by atoms with Gasteiger partial charge in [0.2, 0.25) is 5.43 Å². The van der Waals surface area contributed by atoms with Gasteiger partial charge < -0.3 is 19.5 Å². The van der Waals surface area contributed by atoms with Crippen molar-refractivity contribution in [1.29, 1.82) is 0 Å². The second-order valence-electron chi connectivity index (χ2n) is 4.56. The van der Waals surface area contributed by atoms with Gasteiger partial charge in [0.1, 0.15) is 5.75 Å². The van der Waals surface area contributed by atoms with Crippen LogP contribution in [0.3, 0.4) is 0 Å². The number of hydrogen-bond acceptors (Lipinski definition) is 4. The zero-order valence-electron chi connectivity index (χ0n) is 11.4. The van der Waals surface area contributed by atoms with Crippen molar-refractivity contribution >= 4 is 0 Å². The van der Waals surface area contributed by atoms with Gasteiger partial charge in [-0.25, -0.2) is 0 Å². The lowest BCUT2D eigenvalue weighted by Crippen LogP contribution is -2.14. The molecule has 0 aliphatic heterocycles. The number of benzene rings is 1. The van der Waals surface area contributed by atoms with Crippen LogP contribution in [0.15, 0.2) is 41.3 Å². The van der Waals surface area contributed by atoms with Crippen molar-refractivity contribution in [3.63, 3.8) is 0 Å². The van der Waals surface area contributed by atoms with Crippen LogP contribution in [0, 0.1) is 6.92 Å². The van der Waals surface area contributed by atoms with Gasteiger partial charge in [-0.1, -0.05) is 12.1 Å². The van der Waals surface area contributed by atoms with Gasteiger partial charge in [0.05, 0.1) is 25.5 Å². The number of aromatic nitrogens is 1. The summed E-state index contributed by atoms with van der Waals surface area (Å²) in [5.41, 5.74) is 0.756. The Morgan fingerprint density at radius 1 is 1.25 bits per heavy atom. The van der Waals surface area contributed by atoms with Crippen molar-refractivity contribution in [3.8, 4) is 11.5 Å². The molecular formula is C15H17NO4. The van der Waals surface area contributed by atoms with E-state index in [-0.39, 0.29) is 12.3 Å². The fourth-order valence-electron chi connectivity index (χ4n) is 1.98. The molecule has 5 nitrogen and oxygen atoms in total. The summed E-state index contributed by atoms with van der Waals surface area (Å²) in [7, 11) is 1.58. The normalized spacial score (nSPS) is 12.2. The van der Waals surface area contributed by atoms with Crippen LogP contribution in [0.5, 0.6) is 11.5 Å². The minimum absolute atomic E-state index is 0.256. The molecule has 0 amide bonds. The highest BCUT2D eigenvalue weighted by molar-refractivity contribution is 5.29. The molecule has 1 heterocycles. The van der Waals surface area contributed by atoms with Crippen LogP contribution < -0.4 is 10.2 Å². The third kappa shape index (κ3) is 2.83. The first-order valence-electron chi connectivity index (χ1n) is 6.24. The first-order valence-corrected chi connectivity index (χ1v) is 6.24. The molecule has 0 radical (unpaired) electrons. The Kier molecular flexibility index (Phi) is 4.10. The van der Waals surface area contributed by atoms with Crippen molar-refractivity contribution in [1.82, 2.24) is 4.57 Å². The van der Waals surface area contributed by atoms with Crippen molar-refractivity contribution in [3.05, 3.63) is 58.0 Å². The molecule has 2 rings (SSSR count). The summed E-state index contributed by atoms with van der Waals surface area (Å²) < 4.78 is 6.71. The van der Waals surface area contributed by atoms with E-state index in [9.17, 15) is 15.0 Å². The lowest BCUT2D eigenvalue weighted by molar-refractivity contribution is 0.155. The van der Waals surface area contributed by atoms with Crippen LogP contribution in [0.1, 0.15) is 17.4 Å². The summed E-state index contributed by atoms with van der Waals surface area (Å²) in [4.78, 5) is 11.3. The number of pyridine rings is 1. The van der Waals surface area contributed by atoms with Gasteiger partial charge in [-0.05, 0) is 24.6 Å².